The molecule has 0 saturated carbocycles. The van der Waals surface area contributed by atoms with Crippen LogP contribution in [0.5, 0.6) is 5.88 Å². The molecular weight excluding hydrogens is 410 g/mol. The van der Waals surface area contributed by atoms with E-state index in [0.29, 0.717) is 12.0 Å². The van der Waals surface area contributed by atoms with Crippen molar-refractivity contribution in [2.24, 2.45) is 10.2 Å². The minimum Gasteiger partial charge on any atom is -0.463 e. The Labute approximate surface area is 160 Å². The minimum absolute atomic E-state index is 0.0322. The number of ether oxygens (including phenoxy) is 2. The Balaban J connectivity index is 1.79. The van der Waals surface area contributed by atoms with Gasteiger partial charge in [-0.05, 0) is 32.1 Å². The van der Waals surface area contributed by atoms with Gasteiger partial charge in [-0.2, -0.15) is 27.0 Å². The van der Waals surface area contributed by atoms with Crippen molar-refractivity contribution in [3.63, 3.8) is 0 Å². The van der Waals surface area contributed by atoms with Gasteiger partial charge < -0.3 is 14.3 Å². The predicted molar refractivity (Wildman–Crippen MR) is 84.5 cm³/mol. The van der Waals surface area contributed by atoms with Gasteiger partial charge in [0.2, 0.25) is 0 Å². The average molecular weight is 424 g/mol. The van der Waals surface area contributed by atoms with Crippen molar-refractivity contribution in [1.82, 2.24) is 10.0 Å². The second-order valence-corrected chi connectivity index (χ2v) is 5.87. The molecule has 0 amide bonds. The fraction of sp³-hybridized carbons (Fsp3) is 0.438. The maximum Gasteiger partial charge on any atom is 0.425 e. The largest absolute Gasteiger partial charge is 0.463 e. The lowest BCUT2D eigenvalue weighted by atomic mass is 10.2. The van der Waals surface area contributed by atoms with Crippen molar-refractivity contribution >= 4 is 5.76 Å². The number of hydroxylamine groups is 2. The Morgan fingerprint density at radius 3 is 2.59 bits per heavy atom. The molecular formula is C16H14F6N4O3. The van der Waals surface area contributed by atoms with Crippen molar-refractivity contribution in [3.8, 4) is 5.88 Å². The van der Waals surface area contributed by atoms with E-state index in [4.69, 9.17) is 4.84 Å². The maximum absolute atomic E-state index is 14.1. The van der Waals surface area contributed by atoms with Gasteiger partial charge in [0.1, 0.15) is 0 Å². The van der Waals surface area contributed by atoms with Gasteiger partial charge in [-0.1, -0.05) is 0 Å². The molecule has 7 nitrogen and oxygen atoms in total. The second-order valence-electron chi connectivity index (χ2n) is 5.87. The van der Waals surface area contributed by atoms with Gasteiger partial charge in [-0.25, -0.2) is 9.37 Å². The molecule has 0 aromatic carbocycles. The van der Waals surface area contributed by atoms with Crippen LogP contribution in [0.2, 0.25) is 0 Å². The second kappa shape index (κ2) is 7.54. The van der Waals surface area contributed by atoms with Crippen LogP contribution >= 0.6 is 0 Å². The predicted octanol–water partition coefficient (Wildman–Crippen LogP) is 4.40. The molecule has 1 aromatic rings. The lowest BCUT2D eigenvalue weighted by Crippen LogP contribution is -2.45. The average Bonchev–Trinajstić information content (AvgIpc) is 3.06. The van der Waals surface area contributed by atoms with Crippen LogP contribution in [0.4, 0.5) is 26.3 Å². The summed E-state index contributed by atoms with van der Waals surface area (Å²) >= 11 is 0. The van der Waals surface area contributed by atoms with Gasteiger partial charge in [0.15, 0.2) is 23.5 Å². The van der Waals surface area contributed by atoms with Crippen LogP contribution < -0.4 is 4.74 Å². The van der Waals surface area contributed by atoms with Crippen LogP contribution in [0.15, 0.2) is 40.5 Å². The van der Waals surface area contributed by atoms with Gasteiger partial charge in [-0.3, -0.25) is 0 Å². The van der Waals surface area contributed by atoms with Crippen LogP contribution in [0.25, 0.3) is 5.76 Å². The Bertz CT molecular complexity index is 871. The van der Waals surface area contributed by atoms with Gasteiger partial charge in [-0.15, -0.1) is 10.2 Å². The highest BCUT2D eigenvalue weighted by Gasteiger charge is 2.51. The first-order valence-corrected chi connectivity index (χ1v) is 8.24. The molecule has 158 valence electrons. The van der Waals surface area contributed by atoms with Gasteiger partial charge >= 0.3 is 12.3 Å². The topological polar surface area (TPSA) is 68.5 Å². The van der Waals surface area contributed by atoms with Crippen LogP contribution in [0.3, 0.4) is 0 Å². The quantitative estimate of drug-likeness (QED) is 0.634. The minimum atomic E-state index is -4.70. The lowest BCUT2D eigenvalue weighted by molar-refractivity contribution is -0.294. The summed E-state index contributed by atoms with van der Waals surface area (Å²) in [5.41, 5.74) is -0.0322. The van der Waals surface area contributed by atoms with E-state index in [1.165, 1.54) is 19.1 Å². The number of nitrogens with zero attached hydrogens (tertiary/aromatic N) is 4. The standard InChI is InChI=1S/C16H14F6N4O3/c1-3-27-16(21,22)14-25-24-12-5-4-11(29-26(12)14)9-6-10(17)13(23-7-9)28-8(2)15(18,19)20/h4-8,14H,3H2,1-2H3/t8-,14?/m0/s1. The molecule has 13 heteroatoms. The Hall–Kier alpha value is -2.83. The van der Waals surface area contributed by atoms with E-state index in [2.05, 4.69) is 24.7 Å². The van der Waals surface area contributed by atoms with Gasteiger partial charge in [0, 0.05) is 11.8 Å². The number of aromatic nitrogens is 1. The number of pyridine rings is 1. The number of rotatable bonds is 6. The first-order chi connectivity index (χ1) is 13.5. The number of alkyl halides is 5. The summed E-state index contributed by atoms with van der Waals surface area (Å²) < 4.78 is 88.7. The highest BCUT2D eigenvalue weighted by molar-refractivity contribution is 5.62. The summed E-state index contributed by atoms with van der Waals surface area (Å²) in [7, 11) is 0. The molecule has 1 unspecified atom stereocenters. The zero-order valence-electron chi connectivity index (χ0n) is 15.0. The van der Waals surface area contributed by atoms with E-state index in [1.54, 1.807) is 0 Å². The van der Waals surface area contributed by atoms with Crippen molar-refractivity contribution in [1.29, 1.82) is 0 Å². The number of fused-ring (bicyclic) bond motifs is 1. The van der Waals surface area contributed by atoms with E-state index in [-0.39, 0.29) is 23.8 Å². The third-order valence-electron chi connectivity index (χ3n) is 3.78. The van der Waals surface area contributed by atoms with Gasteiger partial charge in [0.05, 0.1) is 6.61 Å². The SMILES string of the molecule is CCOC(F)(F)C1N=NC2=CC=C(c3cnc(O[C@@H](C)C(F)(F)F)c(F)c3)ON21. The highest BCUT2D eigenvalue weighted by atomic mass is 19.4. The van der Waals surface area contributed by atoms with Crippen molar-refractivity contribution < 1.29 is 40.7 Å². The van der Waals surface area contributed by atoms with Crippen LogP contribution in [0.1, 0.15) is 19.4 Å². The van der Waals surface area contributed by atoms with Crippen LogP contribution in [-0.4, -0.2) is 41.2 Å². The monoisotopic (exact) mass is 424 g/mol. The summed E-state index contributed by atoms with van der Waals surface area (Å²) in [6.45, 7) is 1.78. The first-order valence-electron chi connectivity index (χ1n) is 8.24. The molecule has 3 rings (SSSR count). The number of allylic oxidation sites excluding steroid dienone is 2. The summed E-state index contributed by atoms with van der Waals surface area (Å²) in [6, 6.07) is 0.802. The van der Waals surface area contributed by atoms with Crippen molar-refractivity contribution in [2.75, 3.05) is 6.61 Å². The fourth-order valence-electron chi connectivity index (χ4n) is 2.32. The first kappa shape index (κ1) is 20.9. The molecule has 0 radical (unpaired) electrons. The van der Waals surface area contributed by atoms with Crippen molar-refractivity contribution in [2.45, 2.75) is 38.4 Å². The highest BCUT2D eigenvalue weighted by Crippen LogP contribution is 2.38. The molecule has 3 heterocycles. The smallest absolute Gasteiger partial charge is 0.425 e. The number of azo groups is 1. The summed E-state index contributed by atoms with van der Waals surface area (Å²) in [4.78, 5) is 8.84. The van der Waals surface area contributed by atoms with Crippen LogP contribution in [0, 0.1) is 5.82 Å². The molecule has 0 spiro atoms. The Kier molecular flexibility index (Phi) is 5.43. The van der Waals surface area contributed by atoms with Gasteiger partial charge in [0.25, 0.3) is 12.0 Å². The zero-order chi connectivity index (χ0) is 21.4. The van der Waals surface area contributed by atoms with E-state index >= 15 is 0 Å². The Morgan fingerprint density at radius 1 is 1.24 bits per heavy atom. The molecule has 2 aliphatic rings. The zero-order valence-corrected chi connectivity index (χ0v) is 15.0. The molecule has 0 bridgehead atoms. The third kappa shape index (κ3) is 4.28. The van der Waals surface area contributed by atoms with E-state index < -0.39 is 36.3 Å². The number of hydrogen-bond acceptors (Lipinski definition) is 7. The molecule has 1 aromatic heterocycles. The summed E-state index contributed by atoms with van der Waals surface area (Å²) in [5, 5.41) is 7.67. The molecule has 0 N–H and O–H groups in total. The summed E-state index contributed by atoms with van der Waals surface area (Å²) in [5.74, 6) is -2.20. The maximum atomic E-state index is 14.1. The normalized spacial score (nSPS) is 20.0. The number of hydrogen-bond donors (Lipinski definition) is 0. The molecule has 29 heavy (non-hydrogen) atoms. The third-order valence-corrected chi connectivity index (χ3v) is 3.78. The van der Waals surface area contributed by atoms with E-state index in [1.807, 2.05) is 0 Å². The molecule has 0 aliphatic carbocycles. The lowest BCUT2D eigenvalue weighted by Gasteiger charge is -2.30. The van der Waals surface area contributed by atoms with E-state index in [0.717, 1.165) is 12.3 Å². The Morgan fingerprint density at radius 2 is 1.97 bits per heavy atom. The molecule has 2 aliphatic heterocycles. The van der Waals surface area contributed by atoms with E-state index in [9.17, 15) is 26.3 Å². The fourth-order valence-corrected chi connectivity index (χ4v) is 2.32. The summed E-state index contributed by atoms with van der Waals surface area (Å²) in [6.07, 6.45) is -9.05. The number of halogens is 6. The molecule has 2 atom stereocenters. The van der Waals surface area contributed by atoms with Crippen LogP contribution in [-0.2, 0) is 9.57 Å². The van der Waals surface area contributed by atoms with Crippen molar-refractivity contribution in [3.05, 3.63) is 41.6 Å². The molecule has 0 saturated heterocycles. The molecule has 0 fully saturated rings.